The topological polar surface area (TPSA) is 0 Å². The molecule has 0 amide bonds. The molecule has 2 aliphatic carbocycles. The number of hydrogen-bond donors (Lipinski definition) is 0. The molecule has 0 aromatic heterocycles. The molecule has 0 aromatic rings. The normalized spacial score (nSPS) is 22.6. The summed E-state index contributed by atoms with van der Waals surface area (Å²) in [5.41, 5.74) is 0. The first kappa shape index (κ1) is 15.4. The van der Waals surface area contributed by atoms with E-state index in [9.17, 15) is 0 Å². The summed E-state index contributed by atoms with van der Waals surface area (Å²) >= 11 is 0. The molecule has 1 unspecified atom stereocenters. The van der Waals surface area contributed by atoms with Crippen LogP contribution in [0.4, 0.5) is 0 Å². The van der Waals surface area contributed by atoms with E-state index < -0.39 is 0 Å². The predicted octanol–water partition coefficient (Wildman–Crippen LogP) is 6.45. The summed E-state index contributed by atoms with van der Waals surface area (Å²) in [4.78, 5) is 0. The van der Waals surface area contributed by atoms with Crippen molar-refractivity contribution in [1.82, 2.24) is 0 Å². The van der Waals surface area contributed by atoms with Gasteiger partial charge in [-0.2, -0.15) is 0 Å². The van der Waals surface area contributed by atoms with Crippen LogP contribution in [0.5, 0.6) is 0 Å². The van der Waals surface area contributed by atoms with Crippen molar-refractivity contribution in [2.24, 2.45) is 29.6 Å². The lowest BCUT2D eigenvalue weighted by Gasteiger charge is -2.44. The summed E-state index contributed by atoms with van der Waals surface area (Å²) in [7, 11) is 0. The van der Waals surface area contributed by atoms with Gasteiger partial charge in [-0.05, 0) is 36.0 Å². The van der Waals surface area contributed by atoms with Crippen molar-refractivity contribution in [2.75, 3.05) is 0 Å². The lowest BCUT2D eigenvalue weighted by atomic mass is 9.62. The highest BCUT2D eigenvalue weighted by Gasteiger charge is 2.36. The third kappa shape index (κ3) is 4.80. The summed E-state index contributed by atoms with van der Waals surface area (Å²) in [5.74, 6) is 5.25. The maximum Gasteiger partial charge on any atom is -0.0355 e. The standard InChI is InChI=1S/C19H36/c1-15(2)8-4-5-9-16(3)14-19(17-10-6-11-17)18-12-7-13-18/h15-19H,4-14H2,1-3H3. The first-order valence-corrected chi connectivity index (χ1v) is 9.16. The van der Waals surface area contributed by atoms with E-state index in [4.69, 9.17) is 0 Å². The zero-order valence-electron chi connectivity index (χ0n) is 13.7. The fraction of sp³-hybridized carbons (Fsp3) is 1.00. The predicted molar refractivity (Wildman–Crippen MR) is 85.3 cm³/mol. The molecule has 19 heavy (non-hydrogen) atoms. The fourth-order valence-corrected chi connectivity index (χ4v) is 4.13. The molecular weight excluding hydrogens is 228 g/mol. The van der Waals surface area contributed by atoms with Gasteiger partial charge in [0.1, 0.15) is 0 Å². The summed E-state index contributed by atoms with van der Waals surface area (Å²) in [5, 5.41) is 0. The van der Waals surface area contributed by atoms with E-state index >= 15 is 0 Å². The Bertz CT molecular complexity index is 220. The Labute approximate surface area is 121 Å². The maximum atomic E-state index is 2.53. The summed E-state index contributed by atoms with van der Waals surface area (Å²) in [6.07, 6.45) is 16.7. The van der Waals surface area contributed by atoms with Crippen LogP contribution < -0.4 is 0 Å². The van der Waals surface area contributed by atoms with Crippen molar-refractivity contribution in [1.29, 1.82) is 0 Å². The monoisotopic (exact) mass is 264 g/mol. The van der Waals surface area contributed by atoms with E-state index in [0.29, 0.717) is 0 Å². The molecule has 1 atom stereocenters. The van der Waals surface area contributed by atoms with Gasteiger partial charge in [0.15, 0.2) is 0 Å². The Kier molecular flexibility index (Phi) is 6.23. The van der Waals surface area contributed by atoms with Gasteiger partial charge in [0, 0.05) is 0 Å². The highest BCUT2D eigenvalue weighted by molar-refractivity contribution is 4.87. The molecule has 2 saturated carbocycles. The molecule has 0 heterocycles. The molecule has 0 nitrogen and oxygen atoms in total. The van der Waals surface area contributed by atoms with E-state index in [1.165, 1.54) is 38.5 Å². The average molecular weight is 264 g/mol. The van der Waals surface area contributed by atoms with Crippen molar-refractivity contribution in [3.8, 4) is 0 Å². The Morgan fingerprint density at radius 3 is 1.74 bits per heavy atom. The largest absolute Gasteiger partial charge is 0.0628 e. The summed E-state index contributed by atoms with van der Waals surface area (Å²) in [6, 6.07) is 0. The molecule has 0 heteroatoms. The summed E-state index contributed by atoms with van der Waals surface area (Å²) in [6.45, 7) is 7.24. The van der Waals surface area contributed by atoms with Gasteiger partial charge in [-0.3, -0.25) is 0 Å². The van der Waals surface area contributed by atoms with Crippen molar-refractivity contribution in [3.63, 3.8) is 0 Å². The van der Waals surface area contributed by atoms with E-state index in [-0.39, 0.29) is 0 Å². The highest BCUT2D eigenvalue weighted by Crippen LogP contribution is 2.47. The molecule has 2 rings (SSSR count). The highest BCUT2D eigenvalue weighted by atomic mass is 14.4. The van der Waals surface area contributed by atoms with Crippen LogP contribution in [0.2, 0.25) is 0 Å². The van der Waals surface area contributed by atoms with Gasteiger partial charge in [-0.1, -0.05) is 85.0 Å². The molecule has 0 aliphatic heterocycles. The lowest BCUT2D eigenvalue weighted by molar-refractivity contribution is 0.0719. The quantitative estimate of drug-likeness (QED) is 0.420. The van der Waals surface area contributed by atoms with Crippen molar-refractivity contribution >= 4 is 0 Å². The number of hydrogen-bond acceptors (Lipinski definition) is 0. The van der Waals surface area contributed by atoms with Crippen LogP contribution in [0.1, 0.15) is 91.4 Å². The second-order valence-electron chi connectivity index (χ2n) is 8.06. The SMILES string of the molecule is CC(C)CCCCC(C)CC(C1CCC1)C1CCC1. The minimum absolute atomic E-state index is 0.896. The van der Waals surface area contributed by atoms with Gasteiger partial charge in [0.25, 0.3) is 0 Å². The Balaban J connectivity index is 1.64. The second kappa shape index (κ2) is 7.70. The van der Waals surface area contributed by atoms with Crippen LogP contribution in [0.3, 0.4) is 0 Å². The molecule has 0 radical (unpaired) electrons. The minimum atomic E-state index is 0.896. The summed E-state index contributed by atoms with van der Waals surface area (Å²) < 4.78 is 0. The van der Waals surface area contributed by atoms with Gasteiger partial charge in [0.05, 0.1) is 0 Å². The van der Waals surface area contributed by atoms with Gasteiger partial charge in [0.2, 0.25) is 0 Å². The molecule has 112 valence electrons. The number of rotatable bonds is 9. The average Bonchev–Trinajstić information content (AvgIpc) is 2.19. The van der Waals surface area contributed by atoms with Gasteiger partial charge < -0.3 is 0 Å². The Hall–Kier alpha value is 0. The maximum absolute atomic E-state index is 2.53. The Morgan fingerprint density at radius 2 is 1.32 bits per heavy atom. The lowest BCUT2D eigenvalue weighted by Crippen LogP contribution is -2.33. The molecule has 2 aliphatic rings. The van der Waals surface area contributed by atoms with Crippen molar-refractivity contribution in [3.05, 3.63) is 0 Å². The number of unbranched alkanes of at least 4 members (excludes halogenated alkanes) is 1. The first-order chi connectivity index (χ1) is 9.16. The molecular formula is C19H36. The smallest absolute Gasteiger partial charge is 0.0355 e. The molecule has 0 aromatic carbocycles. The molecule has 0 N–H and O–H groups in total. The molecule has 2 fully saturated rings. The van der Waals surface area contributed by atoms with E-state index in [1.54, 1.807) is 32.1 Å². The van der Waals surface area contributed by atoms with Gasteiger partial charge in [-0.15, -0.1) is 0 Å². The zero-order valence-corrected chi connectivity index (χ0v) is 13.7. The van der Waals surface area contributed by atoms with Crippen molar-refractivity contribution in [2.45, 2.75) is 91.4 Å². The van der Waals surface area contributed by atoms with Gasteiger partial charge in [-0.25, -0.2) is 0 Å². The zero-order chi connectivity index (χ0) is 13.7. The third-order valence-corrected chi connectivity index (χ3v) is 5.91. The second-order valence-corrected chi connectivity index (χ2v) is 8.06. The van der Waals surface area contributed by atoms with E-state index in [1.807, 2.05) is 0 Å². The van der Waals surface area contributed by atoms with Crippen molar-refractivity contribution < 1.29 is 0 Å². The molecule has 0 bridgehead atoms. The van der Waals surface area contributed by atoms with Gasteiger partial charge >= 0.3 is 0 Å². The van der Waals surface area contributed by atoms with Crippen LogP contribution in [0.25, 0.3) is 0 Å². The molecule has 0 spiro atoms. The van der Waals surface area contributed by atoms with E-state index in [2.05, 4.69) is 20.8 Å². The van der Waals surface area contributed by atoms with Crippen LogP contribution in [0.15, 0.2) is 0 Å². The fourth-order valence-electron chi connectivity index (χ4n) is 4.13. The molecule has 0 saturated heterocycles. The van der Waals surface area contributed by atoms with Crippen LogP contribution in [0, 0.1) is 29.6 Å². The van der Waals surface area contributed by atoms with Crippen LogP contribution >= 0.6 is 0 Å². The van der Waals surface area contributed by atoms with Crippen LogP contribution in [-0.4, -0.2) is 0 Å². The Morgan fingerprint density at radius 1 is 0.789 bits per heavy atom. The third-order valence-electron chi connectivity index (χ3n) is 5.91. The minimum Gasteiger partial charge on any atom is -0.0628 e. The van der Waals surface area contributed by atoms with Crippen LogP contribution in [-0.2, 0) is 0 Å². The van der Waals surface area contributed by atoms with E-state index in [0.717, 1.165) is 29.6 Å². The first-order valence-electron chi connectivity index (χ1n) is 9.16.